The molecular weight excluding hydrogens is 400 g/mol. The van der Waals surface area contributed by atoms with Crippen LogP contribution >= 0.6 is 0 Å². The SMILES string of the molecule is Cc1cc(C(=O)N2CC(N(CCN3CCCC3)S(=O)(=O)c3ccccc3)C2)ccn1. The van der Waals surface area contributed by atoms with Crippen molar-refractivity contribution in [3.63, 3.8) is 0 Å². The number of aryl methyl sites for hydroxylation is 1. The molecule has 4 rings (SSSR count). The van der Waals surface area contributed by atoms with Gasteiger partial charge in [-0.3, -0.25) is 9.78 Å². The Hall–Kier alpha value is -2.29. The monoisotopic (exact) mass is 428 g/mol. The van der Waals surface area contributed by atoms with Gasteiger partial charge in [-0.1, -0.05) is 18.2 Å². The largest absolute Gasteiger partial charge is 0.335 e. The highest BCUT2D eigenvalue weighted by atomic mass is 32.2. The topological polar surface area (TPSA) is 73.8 Å². The zero-order valence-electron chi connectivity index (χ0n) is 17.3. The first-order valence-electron chi connectivity index (χ1n) is 10.5. The van der Waals surface area contributed by atoms with E-state index in [4.69, 9.17) is 0 Å². The highest BCUT2D eigenvalue weighted by Crippen LogP contribution is 2.25. The summed E-state index contributed by atoms with van der Waals surface area (Å²) in [6, 6.07) is 11.8. The molecule has 1 amide bonds. The van der Waals surface area contributed by atoms with Gasteiger partial charge in [0.15, 0.2) is 0 Å². The van der Waals surface area contributed by atoms with E-state index < -0.39 is 10.0 Å². The van der Waals surface area contributed by atoms with E-state index in [1.54, 1.807) is 51.8 Å². The molecule has 2 aromatic rings. The molecule has 160 valence electrons. The second-order valence-electron chi connectivity index (χ2n) is 8.03. The lowest BCUT2D eigenvalue weighted by Crippen LogP contribution is -2.63. The second kappa shape index (κ2) is 8.83. The minimum atomic E-state index is -3.61. The lowest BCUT2D eigenvalue weighted by atomic mass is 10.1. The van der Waals surface area contributed by atoms with Crippen LogP contribution in [0.2, 0.25) is 0 Å². The minimum Gasteiger partial charge on any atom is -0.335 e. The minimum absolute atomic E-state index is 0.0756. The van der Waals surface area contributed by atoms with Crippen LogP contribution in [0.25, 0.3) is 0 Å². The van der Waals surface area contributed by atoms with Gasteiger partial charge in [0.05, 0.1) is 10.9 Å². The Bertz CT molecular complexity index is 984. The van der Waals surface area contributed by atoms with Gasteiger partial charge in [0.1, 0.15) is 0 Å². The highest BCUT2D eigenvalue weighted by Gasteiger charge is 2.41. The third kappa shape index (κ3) is 4.40. The first kappa shape index (κ1) is 21.0. The lowest BCUT2D eigenvalue weighted by molar-refractivity contribution is 0.0442. The fourth-order valence-electron chi connectivity index (χ4n) is 4.14. The van der Waals surface area contributed by atoms with E-state index in [0.29, 0.717) is 30.1 Å². The van der Waals surface area contributed by atoms with E-state index in [2.05, 4.69) is 9.88 Å². The van der Waals surface area contributed by atoms with E-state index in [9.17, 15) is 13.2 Å². The normalized spacial score (nSPS) is 18.0. The van der Waals surface area contributed by atoms with Crippen LogP contribution in [0.5, 0.6) is 0 Å². The summed E-state index contributed by atoms with van der Waals surface area (Å²) in [5.74, 6) is -0.0756. The van der Waals surface area contributed by atoms with Crippen molar-refractivity contribution in [2.45, 2.75) is 30.7 Å². The predicted molar refractivity (Wildman–Crippen MR) is 115 cm³/mol. The molecule has 0 N–H and O–H groups in total. The Morgan fingerprint density at radius 2 is 1.83 bits per heavy atom. The smallest absolute Gasteiger partial charge is 0.254 e. The van der Waals surface area contributed by atoms with Crippen molar-refractivity contribution in [3.8, 4) is 0 Å². The summed E-state index contributed by atoms with van der Waals surface area (Å²) >= 11 is 0. The van der Waals surface area contributed by atoms with Crippen molar-refractivity contribution < 1.29 is 13.2 Å². The van der Waals surface area contributed by atoms with Gasteiger partial charge >= 0.3 is 0 Å². The number of rotatable bonds is 7. The molecule has 2 fully saturated rings. The van der Waals surface area contributed by atoms with E-state index in [-0.39, 0.29) is 11.9 Å². The van der Waals surface area contributed by atoms with E-state index in [0.717, 1.165) is 25.3 Å². The van der Waals surface area contributed by atoms with E-state index in [1.807, 2.05) is 13.0 Å². The Morgan fingerprint density at radius 1 is 1.13 bits per heavy atom. The fourth-order valence-corrected chi connectivity index (χ4v) is 5.76. The third-order valence-electron chi connectivity index (χ3n) is 5.89. The first-order chi connectivity index (χ1) is 14.4. The summed E-state index contributed by atoms with van der Waals surface area (Å²) < 4.78 is 28.3. The molecule has 0 spiro atoms. The molecule has 0 saturated carbocycles. The van der Waals surface area contributed by atoms with Gasteiger partial charge in [0.25, 0.3) is 5.91 Å². The Labute approximate surface area is 178 Å². The molecule has 30 heavy (non-hydrogen) atoms. The number of nitrogens with zero attached hydrogens (tertiary/aromatic N) is 4. The molecule has 2 aliphatic rings. The molecule has 1 aromatic heterocycles. The standard InChI is InChI=1S/C22H28N4O3S/c1-18-15-19(9-10-23-18)22(27)25-16-20(17-25)26(14-13-24-11-5-6-12-24)30(28,29)21-7-3-2-4-8-21/h2-4,7-10,15,20H,5-6,11-14,16-17H2,1H3. The van der Waals surface area contributed by atoms with Crippen molar-refractivity contribution in [2.24, 2.45) is 0 Å². The number of pyridine rings is 1. The summed E-state index contributed by atoms with van der Waals surface area (Å²) in [5, 5.41) is 0. The molecule has 0 unspecified atom stereocenters. The van der Waals surface area contributed by atoms with Crippen molar-refractivity contribution in [1.82, 2.24) is 19.1 Å². The highest BCUT2D eigenvalue weighted by molar-refractivity contribution is 7.89. The average Bonchev–Trinajstić information content (AvgIpc) is 3.23. The number of benzene rings is 1. The van der Waals surface area contributed by atoms with Crippen LogP contribution in [0.1, 0.15) is 28.9 Å². The number of sulfonamides is 1. The lowest BCUT2D eigenvalue weighted by Gasteiger charge is -2.45. The van der Waals surface area contributed by atoms with Gasteiger partial charge in [-0.25, -0.2) is 8.42 Å². The van der Waals surface area contributed by atoms with Crippen molar-refractivity contribution in [1.29, 1.82) is 0 Å². The quantitative estimate of drug-likeness (QED) is 0.674. The summed E-state index contributed by atoms with van der Waals surface area (Å²) in [6.45, 7) is 5.88. The van der Waals surface area contributed by atoms with Crippen molar-refractivity contribution >= 4 is 15.9 Å². The zero-order chi connectivity index (χ0) is 21.1. The van der Waals surface area contributed by atoms with Gasteiger partial charge in [-0.2, -0.15) is 4.31 Å². The number of hydrogen-bond acceptors (Lipinski definition) is 5. The Morgan fingerprint density at radius 3 is 2.50 bits per heavy atom. The molecule has 0 atom stereocenters. The Kier molecular flexibility index (Phi) is 6.17. The van der Waals surface area contributed by atoms with Gasteiger partial charge in [-0.05, 0) is 57.1 Å². The van der Waals surface area contributed by atoms with Gasteiger partial charge in [-0.15, -0.1) is 0 Å². The molecule has 1 aromatic carbocycles. The predicted octanol–water partition coefficient (Wildman–Crippen LogP) is 2.00. The third-order valence-corrected chi connectivity index (χ3v) is 7.85. The van der Waals surface area contributed by atoms with Crippen LogP contribution in [0.4, 0.5) is 0 Å². The molecule has 2 saturated heterocycles. The van der Waals surface area contributed by atoms with Crippen molar-refractivity contribution in [3.05, 3.63) is 59.9 Å². The maximum Gasteiger partial charge on any atom is 0.254 e. The van der Waals surface area contributed by atoms with E-state index >= 15 is 0 Å². The summed E-state index contributed by atoms with van der Waals surface area (Å²) in [4.78, 5) is 21.2. The van der Waals surface area contributed by atoms with Crippen LogP contribution in [0.15, 0.2) is 53.6 Å². The first-order valence-corrected chi connectivity index (χ1v) is 11.9. The number of carbonyl (C=O) groups is 1. The molecule has 3 heterocycles. The number of aromatic nitrogens is 1. The Balaban J connectivity index is 1.48. The van der Waals surface area contributed by atoms with Gasteiger partial charge < -0.3 is 9.80 Å². The maximum absolute atomic E-state index is 13.4. The molecule has 0 radical (unpaired) electrons. The maximum atomic E-state index is 13.4. The van der Waals surface area contributed by atoms with Crippen LogP contribution in [0, 0.1) is 6.92 Å². The molecular formula is C22H28N4O3S. The summed E-state index contributed by atoms with van der Waals surface area (Å²) in [5.41, 5.74) is 1.38. The van der Waals surface area contributed by atoms with Crippen LogP contribution < -0.4 is 0 Å². The van der Waals surface area contributed by atoms with Crippen LogP contribution in [-0.2, 0) is 10.0 Å². The molecule has 7 nitrogen and oxygen atoms in total. The summed E-state index contributed by atoms with van der Waals surface area (Å²) in [6.07, 6.45) is 3.97. The second-order valence-corrected chi connectivity index (χ2v) is 9.92. The van der Waals surface area contributed by atoms with Gasteiger partial charge in [0, 0.05) is 43.6 Å². The number of carbonyl (C=O) groups excluding carboxylic acids is 1. The average molecular weight is 429 g/mol. The fraction of sp³-hybridized carbons (Fsp3) is 0.455. The molecule has 2 aliphatic heterocycles. The number of amides is 1. The zero-order valence-corrected chi connectivity index (χ0v) is 18.1. The van der Waals surface area contributed by atoms with E-state index in [1.165, 1.54) is 12.8 Å². The van der Waals surface area contributed by atoms with Gasteiger partial charge in [0.2, 0.25) is 10.0 Å². The van der Waals surface area contributed by atoms with Crippen LogP contribution in [-0.4, -0.2) is 78.7 Å². The molecule has 0 bridgehead atoms. The summed E-state index contributed by atoms with van der Waals surface area (Å²) in [7, 11) is -3.61. The van der Waals surface area contributed by atoms with Crippen molar-refractivity contribution in [2.75, 3.05) is 39.3 Å². The molecule has 0 aliphatic carbocycles. The number of hydrogen-bond donors (Lipinski definition) is 0. The number of likely N-dealkylation sites (tertiary alicyclic amines) is 2. The molecule has 8 heteroatoms. The van der Waals surface area contributed by atoms with Crippen LogP contribution in [0.3, 0.4) is 0 Å².